The van der Waals surface area contributed by atoms with Crippen molar-refractivity contribution in [1.82, 2.24) is 10.5 Å². The number of rotatable bonds is 6. The van der Waals surface area contributed by atoms with E-state index in [1.54, 1.807) is 25.1 Å². The van der Waals surface area contributed by atoms with Crippen LogP contribution in [0.1, 0.15) is 21.8 Å². The molecule has 9 heteroatoms. The van der Waals surface area contributed by atoms with Crippen molar-refractivity contribution in [3.63, 3.8) is 0 Å². The molecular formula is C18H16ClN3O4S. The predicted molar refractivity (Wildman–Crippen MR) is 101 cm³/mol. The van der Waals surface area contributed by atoms with E-state index in [0.717, 1.165) is 0 Å². The molecule has 7 nitrogen and oxygen atoms in total. The van der Waals surface area contributed by atoms with Gasteiger partial charge in [-0.2, -0.15) is 0 Å². The highest BCUT2D eigenvalue weighted by Crippen LogP contribution is 2.21. The zero-order valence-corrected chi connectivity index (χ0v) is 15.8. The number of nitrogens with zero attached hydrogens (tertiary/aromatic N) is 1. The van der Waals surface area contributed by atoms with Crippen molar-refractivity contribution in [1.29, 1.82) is 0 Å². The maximum Gasteiger partial charge on any atom is 0.261 e. The first-order chi connectivity index (χ1) is 12.8. The average Bonchev–Trinajstić information content (AvgIpc) is 3.05. The maximum atomic E-state index is 12.6. The van der Waals surface area contributed by atoms with Gasteiger partial charge in [0, 0.05) is 11.1 Å². The van der Waals surface area contributed by atoms with Crippen LogP contribution in [-0.4, -0.2) is 19.5 Å². The Hall–Kier alpha value is -2.84. The summed E-state index contributed by atoms with van der Waals surface area (Å²) in [6.07, 6.45) is 0. The summed E-state index contributed by atoms with van der Waals surface area (Å²) in [4.78, 5) is 12.5. The van der Waals surface area contributed by atoms with E-state index in [-0.39, 0.29) is 22.7 Å². The van der Waals surface area contributed by atoms with E-state index >= 15 is 0 Å². The summed E-state index contributed by atoms with van der Waals surface area (Å²) in [6.45, 7) is 1.91. The quantitative estimate of drug-likeness (QED) is 0.654. The predicted octanol–water partition coefficient (Wildman–Crippen LogP) is 3.37. The van der Waals surface area contributed by atoms with E-state index in [1.165, 1.54) is 36.4 Å². The fourth-order valence-electron chi connectivity index (χ4n) is 2.35. The van der Waals surface area contributed by atoms with Crippen LogP contribution in [0, 0.1) is 6.92 Å². The highest BCUT2D eigenvalue weighted by molar-refractivity contribution is 7.92. The number of carbonyl (C=O) groups excluding carboxylic acids is 1. The molecule has 1 amide bonds. The lowest BCUT2D eigenvalue weighted by molar-refractivity contribution is 0.0951. The van der Waals surface area contributed by atoms with Gasteiger partial charge in [-0.05, 0) is 43.3 Å². The lowest BCUT2D eigenvalue weighted by Crippen LogP contribution is -2.25. The monoisotopic (exact) mass is 405 g/mol. The molecule has 0 bridgehead atoms. The Bertz CT molecular complexity index is 1060. The molecule has 2 N–H and O–H groups in total. The van der Waals surface area contributed by atoms with Gasteiger partial charge >= 0.3 is 0 Å². The van der Waals surface area contributed by atoms with Crippen LogP contribution in [0.3, 0.4) is 0 Å². The molecular weight excluding hydrogens is 390 g/mol. The molecule has 140 valence electrons. The number of carbonyl (C=O) groups is 1. The molecule has 3 aromatic rings. The number of aromatic nitrogens is 1. The van der Waals surface area contributed by atoms with Gasteiger partial charge in [0.2, 0.25) is 0 Å². The number of benzene rings is 2. The number of halogens is 1. The van der Waals surface area contributed by atoms with Gasteiger partial charge in [0.15, 0.2) is 0 Å². The summed E-state index contributed by atoms with van der Waals surface area (Å²) in [6, 6.07) is 13.8. The maximum absolute atomic E-state index is 12.6. The normalized spacial score (nSPS) is 11.2. The van der Waals surface area contributed by atoms with Crippen molar-refractivity contribution in [2.75, 3.05) is 4.72 Å². The molecule has 1 aromatic heterocycles. The van der Waals surface area contributed by atoms with Crippen LogP contribution in [0.2, 0.25) is 5.02 Å². The number of aryl methyl sites for hydroxylation is 1. The fraction of sp³-hybridized carbons (Fsp3) is 0.111. The molecule has 0 fully saturated rings. The van der Waals surface area contributed by atoms with Crippen LogP contribution in [-0.2, 0) is 16.6 Å². The molecule has 3 rings (SSSR count). The number of hydrogen-bond donors (Lipinski definition) is 2. The molecule has 0 aliphatic carbocycles. The molecule has 0 spiro atoms. The van der Waals surface area contributed by atoms with Crippen LogP contribution in [0.15, 0.2) is 64.0 Å². The van der Waals surface area contributed by atoms with Crippen molar-refractivity contribution < 1.29 is 17.7 Å². The van der Waals surface area contributed by atoms with Gasteiger partial charge in [0.25, 0.3) is 15.9 Å². The highest BCUT2D eigenvalue weighted by Gasteiger charge is 2.18. The van der Waals surface area contributed by atoms with Crippen LogP contribution in [0.4, 0.5) is 5.69 Å². The molecule has 0 aliphatic rings. The van der Waals surface area contributed by atoms with Gasteiger partial charge in [-0.3, -0.25) is 9.52 Å². The van der Waals surface area contributed by atoms with Gasteiger partial charge < -0.3 is 9.84 Å². The third-order valence-corrected chi connectivity index (χ3v) is 5.28. The molecule has 0 saturated heterocycles. The van der Waals surface area contributed by atoms with Gasteiger partial charge in [0.1, 0.15) is 11.5 Å². The van der Waals surface area contributed by atoms with E-state index in [4.69, 9.17) is 16.1 Å². The summed E-state index contributed by atoms with van der Waals surface area (Å²) < 4.78 is 32.5. The minimum Gasteiger partial charge on any atom is -0.361 e. The number of sulfonamides is 1. The van der Waals surface area contributed by atoms with Crippen molar-refractivity contribution in [3.8, 4) is 0 Å². The number of para-hydroxylation sites is 1. The second kappa shape index (κ2) is 7.81. The van der Waals surface area contributed by atoms with Crippen molar-refractivity contribution in [2.45, 2.75) is 18.4 Å². The number of nitrogens with one attached hydrogen (secondary N) is 2. The van der Waals surface area contributed by atoms with Gasteiger partial charge in [0.05, 0.1) is 22.7 Å². The first-order valence-electron chi connectivity index (χ1n) is 7.93. The summed E-state index contributed by atoms with van der Waals surface area (Å²) >= 11 is 5.80. The Balaban J connectivity index is 1.78. The van der Waals surface area contributed by atoms with E-state index < -0.39 is 15.9 Å². The van der Waals surface area contributed by atoms with Crippen molar-refractivity contribution in [3.05, 3.63) is 76.6 Å². The average molecular weight is 406 g/mol. The minimum absolute atomic E-state index is 0.0418. The number of amides is 1. The first kappa shape index (κ1) is 18.9. The Morgan fingerprint density at radius 2 is 1.85 bits per heavy atom. The summed E-state index contributed by atoms with van der Waals surface area (Å²) in [5.74, 6) is 0.195. The van der Waals surface area contributed by atoms with Gasteiger partial charge in [-0.25, -0.2) is 8.42 Å². The summed E-state index contributed by atoms with van der Waals surface area (Å²) in [5, 5.41) is 6.91. The molecule has 0 aliphatic heterocycles. The van der Waals surface area contributed by atoms with Crippen LogP contribution in [0.25, 0.3) is 0 Å². The van der Waals surface area contributed by atoms with Crippen LogP contribution < -0.4 is 10.0 Å². The Kier molecular flexibility index (Phi) is 5.48. The van der Waals surface area contributed by atoms with E-state index in [1.807, 2.05) is 0 Å². The third kappa shape index (κ3) is 4.66. The van der Waals surface area contributed by atoms with E-state index in [0.29, 0.717) is 16.5 Å². The molecule has 2 aromatic carbocycles. The van der Waals surface area contributed by atoms with E-state index in [9.17, 15) is 13.2 Å². The van der Waals surface area contributed by atoms with Crippen molar-refractivity contribution >= 4 is 33.2 Å². The van der Waals surface area contributed by atoms with Gasteiger partial charge in [-0.1, -0.05) is 28.9 Å². The molecule has 27 heavy (non-hydrogen) atoms. The number of hydrogen-bond acceptors (Lipinski definition) is 5. The SMILES string of the molecule is Cc1cc(CNC(=O)c2ccccc2NS(=O)(=O)c2ccc(Cl)cc2)no1. The van der Waals surface area contributed by atoms with Crippen LogP contribution in [0.5, 0.6) is 0 Å². The number of anilines is 1. The Labute approximate surface area is 161 Å². The first-order valence-corrected chi connectivity index (χ1v) is 9.79. The molecule has 0 atom stereocenters. The minimum atomic E-state index is -3.87. The second-order valence-corrected chi connectivity index (χ2v) is 7.84. The van der Waals surface area contributed by atoms with Crippen molar-refractivity contribution in [2.24, 2.45) is 0 Å². The Morgan fingerprint density at radius 3 is 2.52 bits per heavy atom. The molecule has 0 unspecified atom stereocenters. The largest absolute Gasteiger partial charge is 0.361 e. The summed E-state index contributed by atoms with van der Waals surface area (Å²) in [7, 11) is -3.87. The standard InChI is InChI=1S/C18H16ClN3O4S/c1-12-10-14(21-26-12)11-20-18(23)16-4-2-3-5-17(16)22-27(24,25)15-8-6-13(19)7-9-15/h2-10,22H,11H2,1H3,(H,20,23). The highest BCUT2D eigenvalue weighted by atomic mass is 35.5. The fourth-order valence-corrected chi connectivity index (χ4v) is 3.56. The smallest absolute Gasteiger partial charge is 0.261 e. The lowest BCUT2D eigenvalue weighted by atomic mass is 10.1. The second-order valence-electron chi connectivity index (χ2n) is 5.72. The third-order valence-electron chi connectivity index (χ3n) is 3.65. The zero-order valence-electron chi connectivity index (χ0n) is 14.3. The van der Waals surface area contributed by atoms with Crippen LogP contribution >= 0.6 is 11.6 Å². The summed E-state index contributed by atoms with van der Waals surface area (Å²) in [5.41, 5.74) is 0.927. The lowest BCUT2D eigenvalue weighted by Gasteiger charge is -2.12. The van der Waals surface area contributed by atoms with Gasteiger partial charge in [-0.15, -0.1) is 0 Å². The van der Waals surface area contributed by atoms with E-state index in [2.05, 4.69) is 15.2 Å². The zero-order chi connectivity index (χ0) is 19.4. The molecule has 0 radical (unpaired) electrons. The molecule has 1 heterocycles. The molecule has 0 saturated carbocycles. The topological polar surface area (TPSA) is 101 Å². The Morgan fingerprint density at radius 1 is 1.15 bits per heavy atom.